The van der Waals surface area contributed by atoms with Gasteiger partial charge in [-0.15, -0.1) is 5.10 Å². The molecule has 3 heterocycles. The van der Waals surface area contributed by atoms with Gasteiger partial charge in [0, 0.05) is 17.5 Å². The van der Waals surface area contributed by atoms with Crippen LogP contribution in [0.3, 0.4) is 0 Å². The Labute approximate surface area is 222 Å². The summed E-state index contributed by atoms with van der Waals surface area (Å²) in [5.74, 6) is 0.376. The van der Waals surface area contributed by atoms with Crippen molar-refractivity contribution in [2.75, 3.05) is 18.9 Å². The quantitative estimate of drug-likeness (QED) is 0.253. The molecule has 11 heteroatoms. The lowest BCUT2D eigenvalue weighted by molar-refractivity contribution is -0.131. The van der Waals surface area contributed by atoms with Gasteiger partial charge in [-0.2, -0.15) is 4.98 Å². The number of ether oxygens (including phenoxy) is 2. The first kappa shape index (κ1) is 24.4. The summed E-state index contributed by atoms with van der Waals surface area (Å²) >= 11 is 6.63. The van der Waals surface area contributed by atoms with Crippen LogP contribution in [0.15, 0.2) is 65.1 Å². The smallest absolute Gasteiger partial charge is 0.313 e. The molecule has 0 saturated carbocycles. The minimum atomic E-state index is -0.797. The van der Waals surface area contributed by atoms with Crippen LogP contribution in [0.25, 0.3) is 44.7 Å². The van der Waals surface area contributed by atoms with E-state index in [2.05, 4.69) is 20.2 Å². The van der Waals surface area contributed by atoms with Crippen LogP contribution in [0.5, 0.6) is 6.01 Å². The van der Waals surface area contributed by atoms with E-state index in [1.54, 1.807) is 0 Å². The third-order valence-corrected chi connectivity index (χ3v) is 6.85. The molecule has 0 amide bonds. The fourth-order valence-corrected chi connectivity index (χ4v) is 4.80. The molecule has 10 nitrogen and oxygen atoms in total. The van der Waals surface area contributed by atoms with E-state index < -0.39 is 12.2 Å². The lowest BCUT2D eigenvalue weighted by Gasteiger charge is -2.31. The van der Waals surface area contributed by atoms with E-state index in [-0.39, 0.29) is 25.3 Å². The van der Waals surface area contributed by atoms with Gasteiger partial charge in [0.25, 0.3) is 6.01 Å². The largest absolute Gasteiger partial charge is 0.459 e. The molecule has 1 aliphatic heterocycles. The summed E-state index contributed by atoms with van der Waals surface area (Å²) in [6, 6.07) is 19.9. The Bertz CT molecular complexity index is 1570. The van der Waals surface area contributed by atoms with Gasteiger partial charge >= 0.3 is 6.01 Å². The summed E-state index contributed by atoms with van der Waals surface area (Å²) in [5.41, 5.74) is 11.6. The highest BCUT2D eigenvalue weighted by Crippen LogP contribution is 2.34. The molecule has 38 heavy (non-hydrogen) atoms. The summed E-state index contributed by atoms with van der Waals surface area (Å²) in [4.78, 5) is 7.67. The number of imidazole rings is 1. The zero-order chi connectivity index (χ0) is 26.2. The van der Waals surface area contributed by atoms with Crippen molar-refractivity contribution in [1.82, 2.24) is 20.2 Å². The molecule has 3 aromatic carbocycles. The number of fused-ring (bicyclic) bond motifs is 1. The van der Waals surface area contributed by atoms with Gasteiger partial charge in [0.05, 0.1) is 35.4 Å². The van der Waals surface area contributed by atoms with Crippen LogP contribution in [0.2, 0.25) is 5.02 Å². The topological polar surface area (TPSA) is 153 Å². The molecule has 6 rings (SSSR count). The second-order valence-corrected chi connectivity index (χ2v) is 9.50. The van der Waals surface area contributed by atoms with E-state index in [1.807, 2.05) is 60.7 Å². The van der Waals surface area contributed by atoms with E-state index in [9.17, 15) is 10.2 Å². The lowest BCUT2D eigenvalue weighted by Crippen LogP contribution is -2.45. The molecule has 1 fully saturated rings. The highest BCUT2D eigenvalue weighted by atomic mass is 35.5. The standard InChI is InChI=1S/C27H24ClN5O5/c28-20-11-22-21(30-27(31-22)37-18-9-23(35)24(12-34)36-13-18)10-19(20)16-5-1-14(2-6-16)15-3-7-17(8-4-15)25-32-33-26(29)38-25/h1-8,10-11,18,23-24,34-35H,9,12-13H2,(H2,29,33)(H,30,31)/t18-,23+,24-/m1/s1. The number of rotatable bonds is 6. The molecule has 5 aromatic rings. The molecule has 1 aliphatic rings. The van der Waals surface area contributed by atoms with Crippen molar-refractivity contribution in [3.8, 4) is 39.7 Å². The van der Waals surface area contributed by atoms with E-state index in [4.69, 9.17) is 31.2 Å². The summed E-state index contributed by atoms with van der Waals surface area (Å²) in [6.45, 7) is 0.0242. The lowest BCUT2D eigenvalue weighted by atomic mass is 9.99. The third-order valence-electron chi connectivity index (χ3n) is 6.54. The number of aromatic nitrogens is 4. The first-order valence-electron chi connectivity index (χ1n) is 12.0. The number of anilines is 1. The van der Waals surface area contributed by atoms with Gasteiger partial charge in [0.15, 0.2) is 0 Å². The van der Waals surface area contributed by atoms with Crippen molar-refractivity contribution in [3.05, 3.63) is 65.7 Å². The summed E-state index contributed by atoms with van der Waals surface area (Å²) in [6.07, 6.45) is -1.42. The number of aromatic amines is 1. The van der Waals surface area contributed by atoms with Crippen molar-refractivity contribution in [1.29, 1.82) is 0 Å². The average molecular weight is 534 g/mol. The second kappa shape index (κ2) is 10.1. The summed E-state index contributed by atoms with van der Waals surface area (Å²) in [5, 5.41) is 27.5. The molecule has 0 unspecified atom stereocenters. The maximum absolute atomic E-state index is 10.1. The predicted octanol–water partition coefficient (Wildman–Crippen LogP) is 4.07. The number of aliphatic hydroxyl groups is 2. The number of halogens is 1. The van der Waals surface area contributed by atoms with Crippen molar-refractivity contribution < 1.29 is 24.1 Å². The highest BCUT2D eigenvalue weighted by Gasteiger charge is 2.31. The Balaban J connectivity index is 1.19. The van der Waals surface area contributed by atoms with E-state index in [1.165, 1.54) is 0 Å². The first-order chi connectivity index (χ1) is 18.5. The Hall–Kier alpha value is -3.96. The number of H-pyrrole nitrogens is 1. The number of nitrogen functional groups attached to an aromatic ring is 1. The minimum absolute atomic E-state index is 0.0331. The number of nitrogens with one attached hydrogen (secondary N) is 1. The van der Waals surface area contributed by atoms with Crippen LogP contribution in [0.1, 0.15) is 6.42 Å². The fourth-order valence-electron chi connectivity index (χ4n) is 4.53. The van der Waals surface area contributed by atoms with Crippen LogP contribution in [0, 0.1) is 0 Å². The summed E-state index contributed by atoms with van der Waals surface area (Å²) < 4.78 is 16.6. The van der Waals surface area contributed by atoms with Gasteiger partial charge < -0.3 is 34.8 Å². The molecule has 3 atom stereocenters. The maximum atomic E-state index is 10.1. The molecule has 5 N–H and O–H groups in total. The van der Waals surface area contributed by atoms with Gasteiger partial charge in [0.1, 0.15) is 12.2 Å². The fraction of sp³-hybridized carbons (Fsp3) is 0.222. The molecular formula is C27H24ClN5O5. The number of nitrogens with two attached hydrogens (primary N) is 1. The highest BCUT2D eigenvalue weighted by molar-refractivity contribution is 6.34. The van der Waals surface area contributed by atoms with Gasteiger partial charge in [0.2, 0.25) is 5.89 Å². The van der Waals surface area contributed by atoms with Crippen LogP contribution >= 0.6 is 11.6 Å². The van der Waals surface area contributed by atoms with Crippen LogP contribution in [0.4, 0.5) is 6.01 Å². The minimum Gasteiger partial charge on any atom is -0.459 e. The Morgan fingerprint density at radius 1 is 1.00 bits per heavy atom. The second-order valence-electron chi connectivity index (χ2n) is 9.09. The molecule has 0 spiro atoms. The number of hydrogen-bond acceptors (Lipinski definition) is 9. The maximum Gasteiger partial charge on any atom is 0.313 e. The van der Waals surface area contributed by atoms with E-state index in [0.29, 0.717) is 28.9 Å². The van der Waals surface area contributed by atoms with Gasteiger partial charge in [-0.1, -0.05) is 53.1 Å². The predicted molar refractivity (Wildman–Crippen MR) is 142 cm³/mol. The molecular weight excluding hydrogens is 510 g/mol. The van der Waals surface area contributed by atoms with Crippen LogP contribution < -0.4 is 10.5 Å². The van der Waals surface area contributed by atoms with Crippen molar-refractivity contribution in [2.24, 2.45) is 0 Å². The SMILES string of the molecule is Nc1nnc(-c2ccc(-c3ccc(-c4cc5nc(O[C@H]6CO[C@H](CO)[C@@H](O)C6)[nH]c5cc4Cl)cc3)cc2)o1. The van der Waals surface area contributed by atoms with Gasteiger partial charge in [-0.05, 0) is 41.0 Å². The van der Waals surface area contributed by atoms with Crippen LogP contribution in [-0.4, -0.2) is 61.9 Å². The molecule has 2 aromatic heterocycles. The van der Waals surface area contributed by atoms with Crippen molar-refractivity contribution >= 4 is 28.6 Å². The van der Waals surface area contributed by atoms with E-state index >= 15 is 0 Å². The third kappa shape index (κ3) is 4.82. The number of nitrogens with zero attached hydrogens (tertiary/aromatic N) is 3. The monoisotopic (exact) mass is 533 g/mol. The molecule has 0 aliphatic carbocycles. The molecule has 0 radical (unpaired) electrons. The number of benzene rings is 3. The molecule has 194 valence electrons. The Morgan fingerprint density at radius 3 is 2.32 bits per heavy atom. The summed E-state index contributed by atoms with van der Waals surface area (Å²) in [7, 11) is 0. The normalized spacial score (nSPS) is 19.6. The zero-order valence-electron chi connectivity index (χ0n) is 20.0. The van der Waals surface area contributed by atoms with Crippen molar-refractivity contribution in [3.63, 3.8) is 0 Å². The number of hydrogen-bond donors (Lipinski definition) is 4. The Morgan fingerprint density at radius 2 is 1.68 bits per heavy atom. The average Bonchev–Trinajstić information content (AvgIpc) is 3.53. The zero-order valence-corrected chi connectivity index (χ0v) is 20.8. The first-order valence-corrected chi connectivity index (χ1v) is 12.4. The Kier molecular flexibility index (Phi) is 6.46. The van der Waals surface area contributed by atoms with Crippen LogP contribution in [-0.2, 0) is 4.74 Å². The van der Waals surface area contributed by atoms with E-state index in [0.717, 1.165) is 33.3 Å². The van der Waals surface area contributed by atoms with Gasteiger partial charge in [-0.3, -0.25) is 0 Å². The van der Waals surface area contributed by atoms with Gasteiger partial charge in [-0.25, -0.2) is 0 Å². The molecule has 0 bridgehead atoms. The number of aliphatic hydroxyl groups excluding tert-OH is 2. The van der Waals surface area contributed by atoms with Crippen molar-refractivity contribution in [2.45, 2.75) is 24.7 Å². The molecule has 1 saturated heterocycles.